The van der Waals surface area contributed by atoms with Gasteiger partial charge in [0.2, 0.25) is 5.88 Å². The van der Waals surface area contributed by atoms with E-state index in [2.05, 4.69) is 4.98 Å². The summed E-state index contributed by atoms with van der Waals surface area (Å²) in [5.74, 6) is 0.623. The van der Waals surface area contributed by atoms with Crippen molar-refractivity contribution in [3.63, 3.8) is 0 Å². The number of aromatic nitrogens is 1. The number of pyridine rings is 1. The minimum absolute atomic E-state index is 0. The van der Waals surface area contributed by atoms with E-state index in [-0.39, 0.29) is 12.4 Å². The predicted molar refractivity (Wildman–Crippen MR) is 50.7 cm³/mol. The average Bonchev–Trinajstić information content (AvgIpc) is 2.04. The van der Waals surface area contributed by atoms with Crippen molar-refractivity contribution in [3.05, 3.63) is 23.4 Å². The van der Waals surface area contributed by atoms with Crippen molar-refractivity contribution in [3.8, 4) is 5.88 Å². The van der Waals surface area contributed by atoms with E-state index in [4.69, 9.17) is 10.5 Å². The molecule has 0 amide bonds. The Labute approximate surface area is 78.4 Å². The lowest BCUT2D eigenvalue weighted by Crippen LogP contribution is -2.01. The quantitative estimate of drug-likeness (QED) is 0.761. The van der Waals surface area contributed by atoms with Gasteiger partial charge >= 0.3 is 0 Å². The van der Waals surface area contributed by atoms with Gasteiger partial charge in [0.15, 0.2) is 0 Å². The molecular weight excluding hydrogens is 176 g/mol. The van der Waals surface area contributed by atoms with Crippen LogP contribution in [0.4, 0.5) is 0 Å². The second-order valence-electron chi connectivity index (χ2n) is 2.39. The van der Waals surface area contributed by atoms with Crippen molar-refractivity contribution < 1.29 is 4.74 Å². The molecule has 0 fully saturated rings. The van der Waals surface area contributed by atoms with Gasteiger partial charge in [0, 0.05) is 18.3 Å². The number of hydrogen-bond acceptors (Lipinski definition) is 3. The molecule has 2 N–H and O–H groups in total. The number of methoxy groups -OCH3 is 1. The van der Waals surface area contributed by atoms with E-state index in [1.807, 2.05) is 13.0 Å². The number of rotatable bonds is 2. The van der Waals surface area contributed by atoms with Crippen LogP contribution in [0.2, 0.25) is 0 Å². The van der Waals surface area contributed by atoms with E-state index in [9.17, 15) is 0 Å². The molecule has 1 heterocycles. The zero-order valence-corrected chi connectivity index (χ0v) is 8.02. The third kappa shape index (κ3) is 2.36. The molecule has 0 unspecified atom stereocenters. The van der Waals surface area contributed by atoms with Crippen LogP contribution in [0.15, 0.2) is 12.3 Å². The zero-order valence-electron chi connectivity index (χ0n) is 7.20. The summed E-state index contributed by atoms with van der Waals surface area (Å²) in [7, 11) is 1.59. The van der Waals surface area contributed by atoms with Crippen molar-refractivity contribution in [2.45, 2.75) is 13.5 Å². The van der Waals surface area contributed by atoms with E-state index in [1.54, 1.807) is 13.3 Å². The number of nitrogens with two attached hydrogens (primary N) is 1. The van der Waals surface area contributed by atoms with Gasteiger partial charge in [-0.15, -0.1) is 12.4 Å². The molecule has 1 aromatic heterocycles. The molecule has 0 bridgehead atoms. The first-order valence-electron chi connectivity index (χ1n) is 3.47. The predicted octanol–water partition coefficient (Wildman–Crippen LogP) is 1.28. The highest BCUT2D eigenvalue weighted by atomic mass is 35.5. The molecule has 0 atom stereocenters. The summed E-state index contributed by atoms with van der Waals surface area (Å²) in [6.45, 7) is 2.45. The SMILES string of the molecule is COc1ncc(C)cc1CN.Cl. The molecule has 0 saturated carbocycles. The lowest BCUT2D eigenvalue weighted by Gasteiger charge is -2.04. The minimum Gasteiger partial charge on any atom is -0.481 e. The molecular formula is C8H13ClN2O. The summed E-state index contributed by atoms with van der Waals surface area (Å²) in [6, 6.07) is 1.98. The fourth-order valence-corrected chi connectivity index (χ4v) is 0.947. The molecule has 0 aromatic carbocycles. The van der Waals surface area contributed by atoms with E-state index < -0.39 is 0 Å². The van der Waals surface area contributed by atoms with Crippen molar-refractivity contribution in [2.24, 2.45) is 5.73 Å². The second kappa shape index (κ2) is 4.95. The van der Waals surface area contributed by atoms with Crippen LogP contribution < -0.4 is 10.5 Å². The van der Waals surface area contributed by atoms with Crippen LogP contribution in [-0.4, -0.2) is 12.1 Å². The maximum atomic E-state index is 5.48. The summed E-state index contributed by atoms with van der Waals surface area (Å²) in [4.78, 5) is 4.07. The third-order valence-corrected chi connectivity index (χ3v) is 1.48. The van der Waals surface area contributed by atoms with Gasteiger partial charge in [0.1, 0.15) is 0 Å². The molecule has 1 aromatic rings. The molecule has 0 aliphatic heterocycles. The largest absolute Gasteiger partial charge is 0.481 e. The zero-order chi connectivity index (χ0) is 8.27. The van der Waals surface area contributed by atoms with Crippen molar-refractivity contribution >= 4 is 12.4 Å². The van der Waals surface area contributed by atoms with Crippen molar-refractivity contribution in [1.29, 1.82) is 0 Å². The molecule has 1 rings (SSSR count). The van der Waals surface area contributed by atoms with Gasteiger partial charge in [0.25, 0.3) is 0 Å². The van der Waals surface area contributed by atoms with E-state index in [1.165, 1.54) is 0 Å². The second-order valence-corrected chi connectivity index (χ2v) is 2.39. The normalized spacial score (nSPS) is 8.92. The molecule has 0 radical (unpaired) electrons. The molecule has 0 spiro atoms. The first-order chi connectivity index (χ1) is 5.27. The summed E-state index contributed by atoms with van der Waals surface area (Å²) in [5.41, 5.74) is 7.53. The topological polar surface area (TPSA) is 48.1 Å². The van der Waals surface area contributed by atoms with Gasteiger partial charge < -0.3 is 10.5 Å². The number of ether oxygens (including phenoxy) is 1. The molecule has 3 nitrogen and oxygen atoms in total. The molecule has 68 valence electrons. The summed E-state index contributed by atoms with van der Waals surface area (Å²) in [5, 5.41) is 0. The highest BCUT2D eigenvalue weighted by Gasteiger charge is 2.00. The van der Waals surface area contributed by atoms with E-state index in [0.29, 0.717) is 12.4 Å². The number of hydrogen-bond donors (Lipinski definition) is 1. The fraction of sp³-hybridized carbons (Fsp3) is 0.375. The Morgan fingerprint density at radius 1 is 1.58 bits per heavy atom. The van der Waals surface area contributed by atoms with Crippen LogP contribution in [0.1, 0.15) is 11.1 Å². The Bertz CT molecular complexity index is 253. The maximum Gasteiger partial charge on any atom is 0.217 e. The van der Waals surface area contributed by atoms with Gasteiger partial charge in [-0.05, 0) is 18.6 Å². The third-order valence-electron chi connectivity index (χ3n) is 1.48. The molecule has 0 aliphatic carbocycles. The molecule has 4 heteroatoms. The molecule has 12 heavy (non-hydrogen) atoms. The number of aryl methyl sites for hydroxylation is 1. The van der Waals surface area contributed by atoms with E-state index in [0.717, 1.165) is 11.1 Å². The summed E-state index contributed by atoms with van der Waals surface area (Å²) < 4.78 is 5.00. The van der Waals surface area contributed by atoms with Crippen molar-refractivity contribution in [1.82, 2.24) is 4.98 Å². The van der Waals surface area contributed by atoms with Crippen LogP contribution in [0.3, 0.4) is 0 Å². The highest BCUT2D eigenvalue weighted by molar-refractivity contribution is 5.85. The Morgan fingerprint density at radius 3 is 2.75 bits per heavy atom. The van der Waals surface area contributed by atoms with Gasteiger partial charge in [-0.2, -0.15) is 0 Å². The van der Waals surface area contributed by atoms with Gasteiger partial charge in [-0.25, -0.2) is 4.98 Å². The monoisotopic (exact) mass is 188 g/mol. The molecule has 0 saturated heterocycles. The number of nitrogens with zero attached hydrogens (tertiary/aromatic N) is 1. The Kier molecular flexibility index (Phi) is 4.62. The summed E-state index contributed by atoms with van der Waals surface area (Å²) >= 11 is 0. The van der Waals surface area contributed by atoms with Gasteiger partial charge in [-0.1, -0.05) is 0 Å². The highest BCUT2D eigenvalue weighted by Crippen LogP contribution is 2.14. The fourth-order valence-electron chi connectivity index (χ4n) is 0.947. The Hall–Kier alpha value is -0.800. The van der Waals surface area contributed by atoms with Crippen molar-refractivity contribution in [2.75, 3.05) is 7.11 Å². The maximum absolute atomic E-state index is 5.48. The van der Waals surface area contributed by atoms with Crippen LogP contribution in [-0.2, 0) is 6.54 Å². The first kappa shape index (κ1) is 11.2. The van der Waals surface area contributed by atoms with E-state index >= 15 is 0 Å². The van der Waals surface area contributed by atoms with Gasteiger partial charge in [0.05, 0.1) is 7.11 Å². The van der Waals surface area contributed by atoms with Crippen LogP contribution >= 0.6 is 12.4 Å². The average molecular weight is 189 g/mol. The lowest BCUT2D eigenvalue weighted by molar-refractivity contribution is 0.392. The Balaban J connectivity index is 0.00000121. The lowest BCUT2D eigenvalue weighted by atomic mass is 10.2. The van der Waals surface area contributed by atoms with Crippen LogP contribution in [0.25, 0.3) is 0 Å². The Morgan fingerprint density at radius 2 is 2.25 bits per heavy atom. The smallest absolute Gasteiger partial charge is 0.217 e. The first-order valence-corrected chi connectivity index (χ1v) is 3.47. The summed E-state index contributed by atoms with van der Waals surface area (Å²) in [6.07, 6.45) is 1.76. The minimum atomic E-state index is 0. The van der Waals surface area contributed by atoms with Crippen LogP contribution in [0, 0.1) is 6.92 Å². The van der Waals surface area contributed by atoms with Gasteiger partial charge in [-0.3, -0.25) is 0 Å². The standard InChI is InChI=1S/C8H12N2O.ClH/c1-6-3-7(4-9)8(11-2)10-5-6;/h3,5H,4,9H2,1-2H3;1H. The van der Waals surface area contributed by atoms with Crippen LogP contribution in [0.5, 0.6) is 5.88 Å². The number of halogens is 1. The molecule has 0 aliphatic rings.